The fraction of sp³-hybridized carbons (Fsp3) is 0.714. The summed E-state index contributed by atoms with van der Waals surface area (Å²) >= 11 is 1.52. The first-order valence-electron chi connectivity index (χ1n) is 7.37. The second kappa shape index (κ2) is 5.75. The molecule has 1 N–H and O–H groups in total. The van der Waals surface area contributed by atoms with E-state index in [9.17, 15) is 8.42 Å². The molecular weight excluding hydrogens is 292 g/mol. The lowest BCUT2D eigenvalue weighted by Gasteiger charge is -2.36. The molecule has 2 heterocycles. The first-order chi connectivity index (χ1) is 9.64. The molecule has 3 rings (SSSR count). The van der Waals surface area contributed by atoms with Gasteiger partial charge in [0.2, 0.25) is 10.0 Å². The molecule has 1 aromatic heterocycles. The van der Waals surface area contributed by atoms with Gasteiger partial charge in [0.25, 0.3) is 0 Å². The standard InChI is InChI=1S/C14H22N2O2S2/c1-15-10-13-14(7-9-19-13)20(17,18)16-8-3-5-11-4-2-6-12(11)16/h7,9,11-12,15H,2-6,8,10H2,1H3. The van der Waals surface area contributed by atoms with Crippen molar-refractivity contribution in [3.8, 4) is 0 Å². The number of hydrogen-bond acceptors (Lipinski definition) is 4. The van der Waals surface area contributed by atoms with Gasteiger partial charge in [-0.25, -0.2) is 8.42 Å². The van der Waals surface area contributed by atoms with Gasteiger partial charge < -0.3 is 5.32 Å². The van der Waals surface area contributed by atoms with Gasteiger partial charge >= 0.3 is 0 Å². The number of fused-ring (bicyclic) bond motifs is 1. The third kappa shape index (κ3) is 2.43. The van der Waals surface area contributed by atoms with Gasteiger partial charge in [-0.3, -0.25) is 0 Å². The van der Waals surface area contributed by atoms with E-state index in [-0.39, 0.29) is 6.04 Å². The quantitative estimate of drug-likeness (QED) is 0.928. The van der Waals surface area contributed by atoms with E-state index < -0.39 is 10.0 Å². The van der Waals surface area contributed by atoms with Crippen LogP contribution < -0.4 is 5.32 Å². The topological polar surface area (TPSA) is 49.4 Å². The molecule has 2 atom stereocenters. The summed E-state index contributed by atoms with van der Waals surface area (Å²) < 4.78 is 27.8. The Bertz CT molecular complexity index is 567. The second-order valence-corrected chi connectivity index (χ2v) is 8.61. The number of piperidine rings is 1. The van der Waals surface area contributed by atoms with Gasteiger partial charge in [0.05, 0.1) is 4.90 Å². The van der Waals surface area contributed by atoms with Crippen LogP contribution in [0.25, 0.3) is 0 Å². The van der Waals surface area contributed by atoms with Crippen molar-refractivity contribution in [1.29, 1.82) is 0 Å². The Morgan fingerprint density at radius 3 is 2.95 bits per heavy atom. The van der Waals surface area contributed by atoms with E-state index in [1.54, 1.807) is 10.4 Å². The summed E-state index contributed by atoms with van der Waals surface area (Å²) in [5.74, 6) is 0.588. The molecule has 1 saturated heterocycles. The van der Waals surface area contributed by atoms with Crippen LogP contribution in [0.5, 0.6) is 0 Å². The molecule has 0 aromatic carbocycles. The van der Waals surface area contributed by atoms with Crippen LogP contribution in [0.15, 0.2) is 16.3 Å². The van der Waals surface area contributed by atoms with Crippen LogP contribution in [-0.4, -0.2) is 32.4 Å². The largest absolute Gasteiger partial charge is 0.315 e. The van der Waals surface area contributed by atoms with Crippen LogP contribution in [0.1, 0.15) is 37.0 Å². The first-order valence-corrected chi connectivity index (χ1v) is 9.69. The maximum Gasteiger partial charge on any atom is 0.244 e. The molecule has 0 spiro atoms. The molecule has 2 unspecified atom stereocenters. The summed E-state index contributed by atoms with van der Waals surface area (Å²) in [5.41, 5.74) is 0. The van der Waals surface area contributed by atoms with Crippen LogP contribution >= 0.6 is 11.3 Å². The average Bonchev–Trinajstić information content (AvgIpc) is 3.06. The Morgan fingerprint density at radius 2 is 2.15 bits per heavy atom. The van der Waals surface area contributed by atoms with E-state index in [0.29, 0.717) is 23.9 Å². The fourth-order valence-corrected chi connectivity index (χ4v) is 6.86. The predicted octanol–water partition coefficient (Wildman–Crippen LogP) is 2.42. The maximum atomic E-state index is 13.0. The van der Waals surface area contributed by atoms with E-state index in [1.165, 1.54) is 30.6 Å². The zero-order valence-corrected chi connectivity index (χ0v) is 13.5. The summed E-state index contributed by atoms with van der Waals surface area (Å²) in [7, 11) is -1.47. The van der Waals surface area contributed by atoms with Crippen molar-refractivity contribution in [2.24, 2.45) is 5.92 Å². The molecular formula is C14H22N2O2S2. The van der Waals surface area contributed by atoms with Gasteiger partial charge in [0, 0.05) is 24.0 Å². The highest BCUT2D eigenvalue weighted by atomic mass is 32.2. The van der Waals surface area contributed by atoms with Crippen LogP contribution in [-0.2, 0) is 16.6 Å². The Kier molecular flexibility index (Phi) is 4.17. The molecule has 0 amide bonds. The lowest BCUT2D eigenvalue weighted by molar-refractivity contribution is 0.202. The highest BCUT2D eigenvalue weighted by molar-refractivity contribution is 7.89. The Morgan fingerprint density at radius 1 is 1.35 bits per heavy atom. The maximum absolute atomic E-state index is 13.0. The third-order valence-corrected chi connectivity index (χ3v) is 7.63. The molecule has 1 aliphatic heterocycles. The molecule has 1 aliphatic carbocycles. The van der Waals surface area contributed by atoms with Crippen LogP contribution in [0, 0.1) is 5.92 Å². The second-order valence-electron chi connectivity index (χ2n) is 5.75. The van der Waals surface area contributed by atoms with Crippen molar-refractivity contribution in [1.82, 2.24) is 9.62 Å². The van der Waals surface area contributed by atoms with Crippen molar-refractivity contribution < 1.29 is 8.42 Å². The van der Waals surface area contributed by atoms with Gasteiger partial charge in [-0.2, -0.15) is 4.31 Å². The number of hydrogen-bond donors (Lipinski definition) is 1. The summed E-state index contributed by atoms with van der Waals surface area (Å²) in [5, 5.41) is 4.94. The van der Waals surface area contributed by atoms with E-state index >= 15 is 0 Å². The van der Waals surface area contributed by atoms with Gasteiger partial charge in [0.1, 0.15) is 0 Å². The monoisotopic (exact) mass is 314 g/mol. The Labute approximate surface area is 125 Å². The summed E-state index contributed by atoms with van der Waals surface area (Å²) in [6, 6.07) is 2.02. The van der Waals surface area contributed by atoms with Crippen molar-refractivity contribution in [2.45, 2.75) is 49.6 Å². The summed E-state index contributed by atoms with van der Waals surface area (Å²) in [6.07, 6.45) is 5.61. The van der Waals surface area contributed by atoms with E-state index in [2.05, 4.69) is 5.32 Å². The molecule has 2 fully saturated rings. The molecule has 6 heteroatoms. The van der Waals surface area contributed by atoms with E-state index in [0.717, 1.165) is 17.7 Å². The van der Waals surface area contributed by atoms with Crippen LogP contribution in [0.4, 0.5) is 0 Å². The molecule has 0 radical (unpaired) electrons. The minimum Gasteiger partial charge on any atom is -0.315 e. The van der Waals surface area contributed by atoms with Gasteiger partial charge in [0.15, 0.2) is 0 Å². The van der Waals surface area contributed by atoms with Gasteiger partial charge in [-0.1, -0.05) is 6.42 Å². The lowest BCUT2D eigenvalue weighted by atomic mass is 9.94. The number of rotatable bonds is 4. The summed E-state index contributed by atoms with van der Waals surface area (Å²) in [4.78, 5) is 1.44. The van der Waals surface area contributed by atoms with Crippen molar-refractivity contribution >= 4 is 21.4 Å². The third-order valence-electron chi connectivity index (χ3n) is 4.57. The van der Waals surface area contributed by atoms with Crippen molar-refractivity contribution in [3.05, 3.63) is 16.3 Å². The van der Waals surface area contributed by atoms with Crippen molar-refractivity contribution in [2.75, 3.05) is 13.6 Å². The normalized spacial score (nSPS) is 27.6. The number of thiophene rings is 1. The first kappa shape index (κ1) is 14.5. The highest BCUT2D eigenvalue weighted by Crippen LogP contribution is 2.40. The van der Waals surface area contributed by atoms with Crippen molar-refractivity contribution in [3.63, 3.8) is 0 Å². The van der Waals surface area contributed by atoms with Crippen LogP contribution in [0.2, 0.25) is 0 Å². The molecule has 20 heavy (non-hydrogen) atoms. The Hall–Kier alpha value is -0.430. The van der Waals surface area contributed by atoms with E-state index in [4.69, 9.17) is 0 Å². The van der Waals surface area contributed by atoms with E-state index in [1.807, 2.05) is 12.4 Å². The number of nitrogens with zero attached hydrogens (tertiary/aromatic N) is 1. The zero-order chi connectivity index (χ0) is 14.2. The molecule has 4 nitrogen and oxygen atoms in total. The molecule has 0 bridgehead atoms. The SMILES string of the molecule is CNCc1sccc1S(=O)(=O)N1CCCC2CCCC21. The highest BCUT2D eigenvalue weighted by Gasteiger charge is 2.41. The zero-order valence-electron chi connectivity index (χ0n) is 11.8. The smallest absolute Gasteiger partial charge is 0.244 e. The fourth-order valence-electron chi connectivity index (χ4n) is 3.68. The minimum absolute atomic E-state index is 0.246. The minimum atomic E-state index is -3.32. The molecule has 1 aromatic rings. The lowest BCUT2D eigenvalue weighted by Crippen LogP contribution is -2.46. The average molecular weight is 314 g/mol. The molecule has 112 valence electrons. The number of nitrogens with one attached hydrogen (secondary N) is 1. The summed E-state index contributed by atoms with van der Waals surface area (Å²) in [6.45, 7) is 1.31. The van der Waals surface area contributed by atoms with Gasteiger partial charge in [-0.15, -0.1) is 11.3 Å². The molecule has 2 aliphatic rings. The Balaban J connectivity index is 1.92. The van der Waals surface area contributed by atoms with Gasteiger partial charge in [-0.05, 0) is 50.1 Å². The predicted molar refractivity (Wildman–Crippen MR) is 81.3 cm³/mol. The number of sulfonamides is 1. The van der Waals surface area contributed by atoms with Crippen LogP contribution in [0.3, 0.4) is 0 Å². The molecule has 1 saturated carbocycles.